The highest BCUT2D eigenvalue weighted by molar-refractivity contribution is 5.95. The van der Waals surface area contributed by atoms with Crippen LogP contribution in [0.3, 0.4) is 0 Å². The van der Waals surface area contributed by atoms with Crippen molar-refractivity contribution in [3.05, 3.63) is 24.9 Å². The van der Waals surface area contributed by atoms with Crippen molar-refractivity contribution in [2.24, 2.45) is 5.92 Å². The summed E-state index contributed by atoms with van der Waals surface area (Å²) in [7, 11) is 0. The Labute approximate surface area is 204 Å². The summed E-state index contributed by atoms with van der Waals surface area (Å²) < 4.78 is 12.8. The molecule has 0 amide bonds. The molecule has 190 valence electrons. The average Bonchev–Trinajstić information content (AvgIpc) is 3.64. The van der Waals surface area contributed by atoms with E-state index in [1.165, 1.54) is 12.5 Å². The summed E-state index contributed by atoms with van der Waals surface area (Å²) in [5, 5.41) is 54.0. The van der Waals surface area contributed by atoms with Crippen molar-refractivity contribution in [3.8, 4) is 23.1 Å². The van der Waals surface area contributed by atoms with E-state index in [0.29, 0.717) is 34.6 Å². The number of aliphatic hydroxyl groups is 3. The fourth-order valence-corrected chi connectivity index (χ4v) is 5.07. The van der Waals surface area contributed by atoms with Crippen molar-refractivity contribution < 1.29 is 34.7 Å². The van der Waals surface area contributed by atoms with E-state index in [1.807, 2.05) is 6.20 Å². The number of carboxylic acids is 1. The number of carboxylic acid groups (broad SMARTS) is 1. The Morgan fingerprint density at radius 3 is 2.75 bits per heavy atom. The molecule has 6 unspecified atom stereocenters. The molecule has 0 radical (unpaired) electrons. The lowest BCUT2D eigenvalue weighted by Crippen LogP contribution is -2.61. The predicted octanol–water partition coefficient (Wildman–Crippen LogP) is 0.737. The Hall–Kier alpha value is -3.57. The number of hydrogen-bond acceptors (Lipinski definition) is 10. The van der Waals surface area contributed by atoms with Crippen LogP contribution in [0, 0.1) is 17.2 Å². The monoisotopic (exact) mass is 498 g/mol. The van der Waals surface area contributed by atoms with E-state index < -0.39 is 36.7 Å². The number of H-pyrrole nitrogens is 1. The van der Waals surface area contributed by atoms with Crippen LogP contribution < -0.4 is 4.74 Å². The molecule has 13 nitrogen and oxygen atoms in total. The molecule has 1 aliphatic heterocycles. The Balaban J connectivity index is 1.47. The summed E-state index contributed by atoms with van der Waals surface area (Å²) in [4.78, 5) is 23.0. The first kappa shape index (κ1) is 24.1. The van der Waals surface area contributed by atoms with Gasteiger partial charge in [0.25, 0.3) is 0 Å². The molecule has 2 aliphatic rings. The predicted molar refractivity (Wildman–Crippen MR) is 121 cm³/mol. The largest absolute Gasteiger partial charge is 0.479 e. The number of hydrogen-bond donors (Lipinski definition) is 5. The Kier molecular flexibility index (Phi) is 6.59. The van der Waals surface area contributed by atoms with Crippen molar-refractivity contribution >= 4 is 17.0 Å². The Bertz CT molecular complexity index is 1280. The molecule has 36 heavy (non-hydrogen) atoms. The fourth-order valence-electron chi connectivity index (χ4n) is 5.07. The molecule has 5 N–H and O–H groups in total. The lowest BCUT2D eigenvalue weighted by Gasteiger charge is -2.38. The van der Waals surface area contributed by atoms with Gasteiger partial charge in [0, 0.05) is 18.0 Å². The van der Waals surface area contributed by atoms with Crippen molar-refractivity contribution in [1.29, 1.82) is 5.26 Å². The second kappa shape index (κ2) is 9.82. The van der Waals surface area contributed by atoms with Gasteiger partial charge in [-0.15, -0.1) is 0 Å². The zero-order valence-corrected chi connectivity index (χ0v) is 19.1. The van der Waals surface area contributed by atoms with E-state index in [4.69, 9.17) is 9.47 Å². The van der Waals surface area contributed by atoms with Crippen molar-refractivity contribution in [3.63, 3.8) is 0 Å². The van der Waals surface area contributed by atoms with Gasteiger partial charge in [0.1, 0.15) is 30.3 Å². The second-order valence-electron chi connectivity index (χ2n) is 9.13. The van der Waals surface area contributed by atoms with Gasteiger partial charge in [-0.05, 0) is 18.8 Å². The molecule has 0 aromatic carbocycles. The van der Waals surface area contributed by atoms with Gasteiger partial charge in [-0.1, -0.05) is 12.8 Å². The Morgan fingerprint density at radius 2 is 2.03 bits per heavy atom. The summed E-state index contributed by atoms with van der Waals surface area (Å²) in [6.07, 6.45) is 2.31. The highest BCUT2D eigenvalue weighted by Gasteiger charge is 2.48. The zero-order chi connectivity index (χ0) is 25.4. The van der Waals surface area contributed by atoms with Gasteiger partial charge in [0.05, 0.1) is 35.8 Å². The first-order valence-corrected chi connectivity index (χ1v) is 11.7. The van der Waals surface area contributed by atoms with Crippen LogP contribution in [0.25, 0.3) is 22.3 Å². The third-order valence-electron chi connectivity index (χ3n) is 6.95. The number of nitrogens with one attached hydrogen (secondary N) is 1. The van der Waals surface area contributed by atoms with Crippen LogP contribution >= 0.6 is 0 Å². The lowest BCUT2D eigenvalue weighted by atomic mass is 9.96. The molecule has 0 bridgehead atoms. The molecule has 1 aliphatic carbocycles. The van der Waals surface area contributed by atoms with Gasteiger partial charge >= 0.3 is 5.97 Å². The maximum absolute atomic E-state index is 11.4. The van der Waals surface area contributed by atoms with E-state index in [1.54, 1.807) is 10.9 Å². The van der Waals surface area contributed by atoms with Gasteiger partial charge in [-0.3, -0.25) is 4.68 Å². The third kappa shape index (κ3) is 4.28. The van der Waals surface area contributed by atoms with Crippen molar-refractivity contribution in [2.45, 2.75) is 68.9 Å². The standard InChI is InChI=1S/C23H26N6O7/c24-6-5-13(11-3-1-2-4-11)29-9-12(7-28-29)16-15-14(8-25-21(15)27-10-26-16)35-23-19(32)17(30)18(31)20(36-23)22(33)34/h7-11,13,17-20,23,30-32H,1-5H2,(H,33,34)(H,25,26,27). The van der Waals surface area contributed by atoms with Gasteiger partial charge in [-0.2, -0.15) is 10.4 Å². The van der Waals surface area contributed by atoms with Crippen LogP contribution in [0.1, 0.15) is 38.1 Å². The molecule has 0 spiro atoms. The topological polar surface area (TPSA) is 200 Å². The number of rotatable bonds is 7. The number of nitrogens with zero attached hydrogens (tertiary/aromatic N) is 5. The first-order valence-electron chi connectivity index (χ1n) is 11.7. The van der Waals surface area contributed by atoms with Crippen molar-refractivity contribution in [2.75, 3.05) is 0 Å². The number of carbonyl (C=O) groups is 1. The van der Waals surface area contributed by atoms with E-state index in [2.05, 4.69) is 26.1 Å². The number of nitriles is 1. The summed E-state index contributed by atoms with van der Waals surface area (Å²) >= 11 is 0. The molecule has 3 aromatic rings. The molecule has 2 fully saturated rings. The Morgan fingerprint density at radius 1 is 1.25 bits per heavy atom. The van der Waals surface area contributed by atoms with Crippen molar-refractivity contribution in [1.82, 2.24) is 24.7 Å². The molecule has 5 rings (SSSR count). The summed E-state index contributed by atoms with van der Waals surface area (Å²) in [5.74, 6) is -0.982. The minimum Gasteiger partial charge on any atom is -0.479 e. The molecule has 1 saturated carbocycles. The first-order chi connectivity index (χ1) is 17.4. The molecular weight excluding hydrogens is 472 g/mol. The van der Waals surface area contributed by atoms with Gasteiger partial charge in [0.15, 0.2) is 11.9 Å². The number of aromatic nitrogens is 5. The highest BCUT2D eigenvalue weighted by atomic mass is 16.7. The smallest absolute Gasteiger partial charge is 0.335 e. The fraction of sp³-hybridized carbons (Fsp3) is 0.522. The number of aliphatic hydroxyl groups excluding tert-OH is 3. The van der Waals surface area contributed by atoms with E-state index in [-0.39, 0.29) is 11.8 Å². The minimum absolute atomic E-state index is 0.0443. The summed E-state index contributed by atoms with van der Waals surface area (Å²) in [5.41, 5.74) is 1.52. The maximum Gasteiger partial charge on any atom is 0.335 e. The number of ether oxygens (including phenoxy) is 2. The van der Waals surface area contributed by atoms with E-state index in [9.17, 15) is 30.5 Å². The van der Waals surface area contributed by atoms with Crippen LogP contribution in [0.4, 0.5) is 0 Å². The van der Waals surface area contributed by atoms with Gasteiger partial charge in [-0.25, -0.2) is 14.8 Å². The molecule has 6 atom stereocenters. The number of aromatic amines is 1. The quantitative estimate of drug-likeness (QED) is 0.308. The SMILES string of the molecule is N#CCC(C1CCCC1)n1cc(-c2ncnc3[nH]cc(OC4OC(C(=O)O)C(O)C(O)C4O)c23)cn1. The van der Waals surface area contributed by atoms with E-state index >= 15 is 0 Å². The minimum atomic E-state index is -1.83. The van der Waals surface area contributed by atoms with Crippen LogP contribution in [-0.2, 0) is 9.53 Å². The molecule has 13 heteroatoms. The van der Waals surface area contributed by atoms with Gasteiger partial charge < -0.3 is 34.9 Å². The molecule has 4 heterocycles. The number of fused-ring (bicyclic) bond motifs is 1. The van der Waals surface area contributed by atoms with E-state index in [0.717, 1.165) is 25.7 Å². The normalized spacial score (nSPS) is 27.7. The lowest BCUT2D eigenvalue weighted by molar-refractivity contribution is -0.270. The maximum atomic E-state index is 11.4. The third-order valence-corrected chi connectivity index (χ3v) is 6.95. The molecular formula is C23H26N6O7. The van der Waals surface area contributed by atoms with Crippen LogP contribution in [-0.4, -0.2) is 81.8 Å². The second-order valence-corrected chi connectivity index (χ2v) is 9.13. The average molecular weight is 498 g/mol. The van der Waals surface area contributed by atoms with Crippen LogP contribution in [0.15, 0.2) is 24.9 Å². The summed E-state index contributed by atoms with van der Waals surface area (Å²) in [6.45, 7) is 0. The van der Waals surface area contributed by atoms with Gasteiger partial charge in [0.2, 0.25) is 6.29 Å². The van der Waals surface area contributed by atoms with Crippen LogP contribution in [0.5, 0.6) is 5.75 Å². The zero-order valence-electron chi connectivity index (χ0n) is 19.1. The van der Waals surface area contributed by atoms with Crippen LogP contribution in [0.2, 0.25) is 0 Å². The summed E-state index contributed by atoms with van der Waals surface area (Å²) in [6, 6.07) is 2.22. The molecule has 1 saturated heterocycles. The highest BCUT2D eigenvalue weighted by Crippen LogP contribution is 2.38. The molecule has 3 aromatic heterocycles. The number of aliphatic carboxylic acids is 1.